The van der Waals surface area contributed by atoms with Crippen LogP contribution in [0.5, 0.6) is 0 Å². The van der Waals surface area contributed by atoms with Crippen LogP contribution in [-0.2, 0) is 18.3 Å². The lowest BCUT2D eigenvalue weighted by atomic mass is 9.82. The number of rotatable bonds is 14. The van der Waals surface area contributed by atoms with E-state index in [1.807, 2.05) is 6.08 Å². The summed E-state index contributed by atoms with van der Waals surface area (Å²) in [6, 6.07) is 51.9. The summed E-state index contributed by atoms with van der Waals surface area (Å²) in [7, 11) is 0. The van der Waals surface area contributed by atoms with E-state index < -0.39 is 0 Å². The first-order valence-corrected chi connectivity index (χ1v) is 25.9. The molecule has 1 aromatic heterocycles. The van der Waals surface area contributed by atoms with Crippen molar-refractivity contribution >= 4 is 39.6 Å². The minimum Gasteiger partial charge on any atom is -0.313 e. The van der Waals surface area contributed by atoms with Gasteiger partial charge in [-0.15, -0.1) is 0 Å². The van der Waals surface area contributed by atoms with Crippen molar-refractivity contribution < 1.29 is 0 Å². The molecule has 72 heavy (non-hydrogen) atoms. The lowest BCUT2D eigenvalue weighted by Crippen LogP contribution is -2.16. The molecule has 10 rings (SSSR count). The van der Waals surface area contributed by atoms with Crippen LogP contribution in [0.1, 0.15) is 75.9 Å². The van der Waals surface area contributed by atoms with Gasteiger partial charge in [-0.05, 0) is 156 Å². The van der Waals surface area contributed by atoms with Crippen molar-refractivity contribution in [2.75, 3.05) is 4.90 Å². The number of aromatic nitrogens is 1. The molecule has 1 heterocycles. The quantitative estimate of drug-likeness (QED) is 0.0987. The van der Waals surface area contributed by atoms with E-state index in [2.05, 4.69) is 282 Å². The van der Waals surface area contributed by atoms with Gasteiger partial charge >= 0.3 is 0 Å². The van der Waals surface area contributed by atoms with Gasteiger partial charge in [0.25, 0.3) is 0 Å². The van der Waals surface area contributed by atoms with Crippen LogP contribution >= 0.6 is 0 Å². The molecule has 3 aliphatic carbocycles. The van der Waals surface area contributed by atoms with Crippen molar-refractivity contribution in [1.29, 1.82) is 0 Å². The Morgan fingerprint density at radius 2 is 1.44 bits per heavy atom. The molecule has 0 amide bonds. The van der Waals surface area contributed by atoms with Gasteiger partial charge < -0.3 is 9.47 Å². The first kappa shape index (κ1) is 47.7. The van der Waals surface area contributed by atoms with Crippen LogP contribution < -0.4 is 4.90 Å². The smallest absolute Gasteiger partial charge is 0.0543 e. The third kappa shape index (κ3) is 9.15. The molecule has 3 aliphatic rings. The normalized spacial score (nSPS) is 17.3. The van der Waals surface area contributed by atoms with Gasteiger partial charge in [-0.25, -0.2) is 0 Å². The van der Waals surface area contributed by atoms with Crippen molar-refractivity contribution in [3.63, 3.8) is 0 Å². The summed E-state index contributed by atoms with van der Waals surface area (Å²) in [5, 5.41) is 1.27. The van der Waals surface area contributed by atoms with Gasteiger partial charge in [-0.2, -0.15) is 0 Å². The second kappa shape index (κ2) is 20.8. The highest BCUT2D eigenvalue weighted by atomic mass is 15.1. The van der Waals surface area contributed by atoms with E-state index in [1.165, 1.54) is 89.1 Å². The monoisotopic (exact) mass is 935 g/mol. The minimum atomic E-state index is -0.0970. The molecule has 0 aliphatic heterocycles. The van der Waals surface area contributed by atoms with Gasteiger partial charge in [-0.1, -0.05) is 209 Å². The molecule has 0 saturated carbocycles. The van der Waals surface area contributed by atoms with Gasteiger partial charge in [0, 0.05) is 50.7 Å². The number of nitrogens with zero attached hydrogens (tertiary/aromatic N) is 2. The number of fused-ring (bicyclic) bond motifs is 4. The fourth-order valence-corrected chi connectivity index (χ4v) is 11.3. The Labute approximate surface area is 428 Å². The molecule has 0 fully saturated rings. The van der Waals surface area contributed by atoms with E-state index in [0.29, 0.717) is 11.8 Å². The van der Waals surface area contributed by atoms with E-state index in [1.54, 1.807) is 0 Å². The second-order valence-electron chi connectivity index (χ2n) is 19.8. The summed E-state index contributed by atoms with van der Waals surface area (Å²) in [6.45, 7) is 17.5. The van der Waals surface area contributed by atoms with E-state index in [-0.39, 0.29) is 5.41 Å². The standard InChI is InChI=1S/C70H66N2/c1-8-12-32-61-49(5)70(6,7)66-48-60(44-45-64(61)66)72-67(11-4)65(22-9-2)69-63(34-21-35-68(69)72)56-30-20-31-59(47-56)71(58-42-38-54(39-43-58)53-26-14-13-15-27-53)57-40-36-50(37-41-57)24-18-29-52(10-3)62-33-19-25-51-23-16-17-28-55(62)46-51/h8-10,12-23,25-45,47-48,51,55H,1,11,24,46H2,2-7H3/b22-9-,29-18-,32-12-,52-10+. The molecule has 0 radical (unpaired) electrons. The van der Waals surface area contributed by atoms with Crippen LogP contribution in [0.15, 0.2) is 248 Å². The highest BCUT2D eigenvalue weighted by molar-refractivity contribution is 6.04. The van der Waals surface area contributed by atoms with Gasteiger partial charge in [0.05, 0.1) is 5.52 Å². The van der Waals surface area contributed by atoms with Crippen LogP contribution in [0, 0.1) is 11.8 Å². The van der Waals surface area contributed by atoms with E-state index >= 15 is 0 Å². The molecular formula is C70H66N2. The average molecular weight is 935 g/mol. The summed E-state index contributed by atoms with van der Waals surface area (Å²) in [5.41, 5.74) is 22.3. The summed E-state index contributed by atoms with van der Waals surface area (Å²) in [4.78, 5) is 2.40. The number of allylic oxidation sites excluding steroid dienone is 18. The molecule has 0 spiro atoms. The Kier molecular flexibility index (Phi) is 13.8. The zero-order chi connectivity index (χ0) is 49.8. The first-order chi connectivity index (χ1) is 35.2. The highest BCUT2D eigenvalue weighted by Crippen LogP contribution is 2.48. The molecule has 7 aromatic rings. The number of anilines is 3. The zero-order valence-electron chi connectivity index (χ0n) is 42.8. The Bertz CT molecular complexity index is 3440. The van der Waals surface area contributed by atoms with Gasteiger partial charge in [0.1, 0.15) is 0 Å². The van der Waals surface area contributed by atoms with Crippen molar-refractivity contribution in [3.05, 3.63) is 276 Å². The Hall–Kier alpha value is -7.94. The maximum atomic E-state index is 3.95. The summed E-state index contributed by atoms with van der Waals surface area (Å²) >= 11 is 0. The van der Waals surface area contributed by atoms with E-state index in [9.17, 15) is 0 Å². The van der Waals surface area contributed by atoms with Crippen molar-refractivity contribution in [2.45, 2.75) is 66.2 Å². The molecule has 2 atom stereocenters. The molecule has 2 unspecified atom stereocenters. The average Bonchev–Trinajstić information content (AvgIpc) is 3.56. The lowest BCUT2D eigenvalue weighted by molar-refractivity contribution is 0.617. The second-order valence-corrected chi connectivity index (χ2v) is 19.8. The Morgan fingerprint density at radius 3 is 2.19 bits per heavy atom. The van der Waals surface area contributed by atoms with Crippen LogP contribution in [-0.4, -0.2) is 4.57 Å². The Morgan fingerprint density at radius 1 is 0.722 bits per heavy atom. The summed E-state index contributed by atoms with van der Waals surface area (Å²) < 4.78 is 2.52. The van der Waals surface area contributed by atoms with Crippen LogP contribution in [0.3, 0.4) is 0 Å². The summed E-state index contributed by atoms with van der Waals surface area (Å²) in [6.07, 6.45) is 36.3. The molecule has 2 bridgehead atoms. The maximum Gasteiger partial charge on any atom is 0.0543 e. The fourth-order valence-electron chi connectivity index (χ4n) is 11.3. The van der Waals surface area contributed by atoms with Crippen molar-refractivity contribution in [2.24, 2.45) is 11.8 Å². The lowest BCUT2D eigenvalue weighted by Gasteiger charge is -2.26. The fraction of sp³-hybridized carbons (Fsp3) is 0.171. The van der Waals surface area contributed by atoms with Gasteiger partial charge in [0.15, 0.2) is 0 Å². The van der Waals surface area contributed by atoms with E-state index in [4.69, 9.17) is 0 Å². The minimum absolute atomic E-state index is 0.0970. The third-order valence-corrected chi connectivity index (χ3v) is 15.3. The number of hydrogen-bond acceptors (Lipinski definition) is 1. The van der Waals surface area contributed by atoms with Gasteiger partial charge in [0.2, 0.25) is 0 Å². The molecular weight excluding hydrogens is 869 g/mol. The molecule has 6 aromatic carbocycles. The zero-order valence-corrected chi connectivity index (χ0v) is 42.8. The number of benzene rings is 6. The molecule has 356 valence electrons. The molecule has 2 nitrogen and oxygen atoms in total. The Balaban J connectivity index is 1.02. The van der Waals surface area contributed by atoms with Gasteiger partial charge in [-0.3, -0.25) is 0 Å². The molecule has 0 saturated heterocycles. The summed E-state index contributed by atoms with van der Waals surface area (Å²) in [5.74, 6) is 0.886. The predicted molar refractivity (Wildman–Crippen MR) is 312 cm³/mol. The van der Waals surface area contributed by atoms with Crippen molar-refractivity contribution in [3.8, 4) is 27.9 Å². The van der Waals surface area contributed by atoms with Crippen molar-refractivity contribution in [1.82, 2.24) is 4.57 Å². The maximum absolute atomic E-state index is 3.95. The molecule has 2 heteroatoms. The van der Waals surface area contributed by atoms with E-state index in [0.717, 1.165) is 36.3 Å². The topological polar surface area (TPSA) is 8.17 Å². The largest absolute Gasteiger partial charge is 0.313 e. The third-order valence-electron chi connectivity index (χ3n) is 15.3. The SMILES string of the molecule is C=C/C=C\C1=C(C)C(C)(C)c2cc(-n3c(CC)c(/C=C\C)c4c(-c5cccc(N(c6ccc(C/C=C\C(=C/C)C7=CC=CC8C=CC=CC7C8)cc6)c6ccc(-c7ccccc7)cc6)c5)cccc43)ccc21. The number of hydrogen-bond donors (Lipinski definition) is 0. The van der Waals surface area contributed by atoms with Crippen LogP contribution in [0.2, 0.25) is 0 Å². The van der Waals surface area contributed by atoms with Crippen LogP contribution in [0.4, 0.5) is 17.1 Å². The molecule has 0 N–H and O–H groups in total. The predicted octanol–water partition coefficient (Wildman–Crippen LogP) is 19.1. The highest BCUT2D eigenvalue weighted by Gasteiger charge is 2.35. The van der Waals surface area contributed by atoms with Crippen LogP contribution in [0.25, 0.3) is 50.5 Å². The first-order valence-electron chi connectivity index (χ1n) is 25.9.